The molecule has 0 amide bonds. The SMILES string of the molecule is CCN(CCC(=O)c1ccc(Br)cc1)c1cccc(F)c1. The molecule has 0 fully saturated rings. The molecule has 0 unspecified atom stereocenters. The highest BCUT2D eigenvalue weighted by Crippen LogP contribution is 2.17. The highest BCUT2D eigenvalue weighted by molar-refractivity contribution is 9.10. The van der Waals surface area contributed by atoms with Gasteiger partial charge in [-0.2, -0.15) is 0 Å². The minimum atomic E-state index is -0.259. The minimum Gasteiger partial charge on any atom is -0.371 e. The van der Waals surface area contributed by atoms with Crippen LogP contribution in [0.3, 0.4) is 0 Å². The van der Waals surface area contributed by atoms with Gasteiger partial charge in [-0.1, -0.05) is 34.1 Å². The van der Waals surface area contributed by atoms with E-state index in [0.29, 0.717) is 18.5 Å². The molecular formula is C17H17BrFNO. The average Bonchev–Trinajstić information content (AvgIpc) is 2.48. The van der Waals surface area contributed by atoms with Crippen molar-refractivity contribution < 1.29 is 9.18 Å². The summed E-state index contributed by atoms with van der Waals surface area (Å²) in [4.78, 5) is 14.2. The number of carbonyl (C=O) groups excluding carboxylic acids is 1. The first-order valence-electron chi connectivity index (χ1n) is 6.89. The van der Waals surface area contributed by atoms with E-state index in [0.717, 1.165) is 16.7 Å². The van der Waals surface area contributed by atoms with Crippen molar-refractivity contribution in [1.82, 2.24) is 0 Å². The largest absolute Gasteiger partial charge is 0.371 e. The molecule has 2 rings (SSSR count). The first-order valence-corrected chi connectivity index (χ1v) is 7.68. The highest BCUT2D eigenvalue weighted by atomic mass is 79.9. The topological polar surface area (TPSA) is 20.3 Å². The van der Waals surface area contributed by atoms with E-state index in [1.165, 1.54) is 12.1 Å². The van der Waals surface area contributed by atoms with E-state index in [9.17, 15) is 9.18 Å². The number of halogens is 2. The van der Waals surface area contributed by atoms with Crippen LogP contribution in [0.4, 0.5) is 10.1 Å². The van der Waals surface area contributed by atoms with Gasteiger partial charge in [0.15, 0.2) is 5.78 Å². The van der Waals surface area contributed by atoms with Gasteiger partial charge in [-0.05, 0) is 37.3 Å². The van der Waals surface area contributed by atoms with Crippen LogP contribution < -0.4 is 4.90 Å². The Kier molecular flexibility index (Phi) is 5.51. The molecule has 110 valence electrons. The van der Waals surface area contributed by atoms with E-state index in [1.807, 2.05) is 42.2 Å². The van der Waals surface area contributed by atoms with E-state index in [-0.39, 0.29) is 11.6 Å². The molecule has 0 aliphatic rings. The summed E-state index contributed by atoms with van der Waals surface area (Å²) in [5.41, 5.74) is 1.51. The van der Waals surface area contributed by atoms with Crippen molar-refractivity contribution in [3.05, 3.63) is 64.4 Å². The normalized spacial score (nSPS) is 10.4. The predicted molar refractivity (Wildman–Crippen MR) is 87.4 cm³/mol. The molecule has 2 aromatic carbocycles. The van der Waals surface area contributed by atoms with Gasteiger partial charge in [0.1, 0.15) is 5.82 Å². The number of hydrogen-bond acceptors (Lipinski definition) is 2. The second kappa shape index (κ2) is 7.36. The van der Waals surface area contributed by atoms with Gasteiger partial charge in [-0.25, -0.2) is 4.39 Å². The highest BCUT2D eigenvalue weighted by Gasteiger charge is 2.10. The van der Waals surface area contributed by atoms with Gasteiger partial charge < -0.3 is 4.90 Å². The van der Waals surface area contributed by atoms with Crippen LogP contribution in [0, 0.1) is 5.82 Å². The Bertz CT molecular complexity index is 612. The van der Waals surface area contributed by atoms with Crippen molar-refractivity contribution in [2.75, 3.05) is 18.0 Å². The van der Waals surface area contributed by atoms with Crippen LogP contribution in [0.15, 0.2) is 53.0 Å². The summed E-state index contributed by atoms with van der Waals surface area (Å²) in [5, 5.41) is 0. The molecule has 0 N–H and O–H groups in total. The van der Waals surface area contributed by atoms with Crippen LogP contribution >= 0.6 is 15.9 Å². The predicted octanol–water partition coefficient (Wildman–Crippen LogP) is 4.69. The maximum atomic E-state index is 13.3. The van der Waals surface area contributed by atoms with Gasteiger partial charge in [0.25, 0.3) is 0 Å². The quantitative estimate of drug-likeness (QED) is 0.705. The Labute approximate surface area is 132 Å². The second-order valence-corrected chi connectivity index (χ2v) is 5.66. The molecular weight excluding hydrogens is 333 g/mol. The summed E-state index contributed by atoms with van der Waals surface area (Å²) in [6.45, 7) is 3.31. The molecule has 0 bridgehead atoms. The third kappa shape index (κ3) is 4.39. The lowest BCUT2D eigenvalue weighted by Gasteiger charge is -2.22. The lowest BCUT2D eigenvalue weighted by atomic mass is 10.1. The fourth-order valence-corrected chi connectivity index (χ4v) is 2.42. The number of hydrogen-bond donors (Lipinski definition) is 0. The Balaban J connectivity index is 2.00. The van der Waals surface area contributed by atoms with Crippen molar-refractivity contribution in [1.29, 1.82) is 0 Å². The van der Waals surface area contributed by atoms with Crippen LogP contribution in [-0.2, 0) is 0 Å². The zero-order valence-corrected chi connectivity index (χ0v) is 13.4. The van der Waals surface area contributed by atoms with E-state index < -0.39 is 0 Å². The number of rotatable bonds is 6. The van der Waals surface area contributed by atoms with Crippen LogP contribution in [0.5, 0.6) is 0 Å². The van der Waals surface area contributed by atoms with Crippen LogP contribution in [-0.4, -0.2) is 18.9 Å². The fraction of sp³-hybridized carbons (Fsp3) is 0.235. The van der Waals surface area contributed by atoms with E-state index >= 15 is 0 Å². The molecule has 0 saturated carbocycles. The van der Waals surface area contributed by atoms with Gasteiger partial charge in [0.05, 0.1) is 0 Å². The van der Waals surface area contributed by atoms with Gasteiger partial charge in [0, 0.05) is 35.2 Å². The zero-order chi connectivity index (χ0) is 15.2. The van der Waals surface area contributed by atoms with Crippen molar-refractivity contribution in [3.63, 3.8) is 0 Å². The molecule has 0 aromatic heterocycles. The van der Waals surface area contributed by atoms with Gasteiger partial charge in [-0.15, -0.1) is 0 Å². The van der Waals surface area contributed by atoms with Crippen molar-refractivity contribution in [3.8, 4) is 0 Å². The molecule has 0 aliphatic carbocycles. The Morgan fingerprint density at radius 1 is 1.19 bits per heavy atom. The standard InChI is InChI=1S/C17H17BrFNO/c1-2-20(16-5-3-4-15(19)12-16)11-10-17(21)13-6-8-14(18)9-7-13/h3-9,12H,2,10-11H2,1H3. The third-order valence-corrected chi connectivity index (χ3v) is 3.86. The molecule has 2 nitrogen and oxygen atoms in total. The number of Topliss-reactive ketones (excluding diaryl/α,β-unsaturated/α-hetero) is 1. The molecule has 0 radical (unpaired) electrons. The summed E-state index contributed by atoms with van der Waals surface area (Å²) in [6.07, 6.45) is 0.409. The second-order valence-electron chi connectivity index (χ2n) is 4.74. The Morgan fingerprint density at radius 2 is 1.90 bits per heavy atom. The number of anilines is 1. The van der Waals surface area contributed by atoms with Gasteiger partial charge >= 0.3 is 0 Å². The van der Waals surface area contributed by atoms with E-state index in [1.54, 1.807) is 6.07 Å². The summed E-state index contributed by atoms with van der Waals surface area (Å²) in [7, 11) is 0. The molecule has 0 atom stereocenters. The summed E-state index contributed by atoms with van der Waals surface area (Å²) in [6, 6.07) is 13.8. The number of carbonyl (C=O) groups is 1. The molecule has 21 heavy (non-hydrogen) atoms. The zero-order valence-electron chi connectivity index (χ0n) is 11.9. The van der Waals surface area contributed by atoms with E-state index in [2.05, 4.69) is 15.9 Å². The maximum absolute atomic E-state index is 13.3. The summed E-state index contributed by atoms with van der Waals surface area (Å²) in [5.74, 6) is -0.164. The Morgan fingerprint density at radius 3 is 2.52 bits per heavy atom. The third-order valence-electron chi connectivity index (χ3n) is 3.33. The fourth-order valence-electron chi connectivity index (χ4n) is 2.16. The van der Waals surface area contributed by atoms with Crippen LogP contribution in [0.1, 0.15) is 23.7 Å². The summed E-state index contributed by atoms with van der Waals surface area (Å²) < 4.78 is 14.2. The summed E-state index contributed by atoms with van der Waals surface area (Å²) >= 11 is 3.35. The van der Waals surface area contributed by atoms with Crippen molar-refractivity contribution in [2.24, 2.45) is 0 Å². The minimum absolute atomic E-state index is 0.0948. The van der Waals surface area contributed by atoms with Crippen molar-refractivity contribution in [2.45, 2.75) is 13.3 Å². The molecule has 0 aliphatic heterocycles. The van der Waals surface area contributed by atoms with Crippen molar-refractivity contribution >= 4 is 27.4 Å². The number of nitrogens with zero attached hydrogens (tertiary/aromatic N) is 1. The van der Waals surface area contributed by atoms with Crippen LogP contribution in [0.25, 0.3) is 0 Å². The Hall–Kier alpha value is -1.68. The number of ketones is 1. The number of benzene rings is 2. The van der Waals surface area contributed by atoms with Gasteiger partial charge in [-0.3, -0.25) is 4.79 Å². The first kappa shape index (κ1) is 15.7. The molecule has 4 heteroatoms. The monoisotopic (exact) mass is 349 g/mol. The van der Waals surface area contributed by atoms with Crippen LogP contribution in [0.2, 0.25) is 0 Å². The molecule has 0 saturated heterocycles. The molecule has 2 aromatic rings. The van der Waals surface area contributed by atoms with Gasteiger partial charge in [0.2, 0.25) is 0 Å². The maximum Gasteiger partial charge on any atom is 0.164 e. The molecule has 0 spiro atoms. The average molecular weight is 350 g/mol. The smallest absolute Gasteiger partial charge is 0.164 e. The molecule has 0 heterocycles. The lowest BCUT2D eigenvalue weighted by Crippen LogP contribution is -2.25. The van der Waals surface area contributed by atoms with E-state index in [4.69, 9.17) is 0 Å². The lowest BCUT2D eigenvalue weighted by molar-refractivity contribution is 0.0984. The first-order chi connectivity index (χ1) is 10.1.